The fraction of sp³-hybridized carbons (Fsp3) is 0.300. The third-order valence-electron chi connectivity index (χ3n) is 6.01. The summed E-state index contributed by atoms with van der Waals surface area (Å²) in [6.07, 6.45) is 10.8. The third-order valence-corrected chi connectivity index (χ3v) is 6.49. The summed E-state index contributed by atoms with van der Waals surface area (Å²) in [4.78, 5) is 0. The number of allylic oxidation sites excluding steroid dienone is 7. The Morgan fingerprint density at radius 2 is 1.51 bits per heavy atom. The van der Waals surface area contributed by atoms with Gasteiger partial charge in [-0.25, -0.2) is 13.4 Å². The van der Waals surface area contributed by atoms with Crippen molar-refractivity contribution in [3.63, 3.8) is 0 Å². The average molecular weight is 497 g/mol. The Morgan fingerprint density at radius 3 is 2.09 bits per heavy atom. The van der Waals surface area contributed by atoms with Crippen molar-refractivity contribution in [2.24, 2.45) is 0 Å². The number of rotatable bonds is 9. The second-order valence-corrected chi connectivity index (χ2v) is 8.63. The highest BCUT2D eigenvalue weighted by atomic mass is 35.5. The Morgan fingerprint density at radius 1 is 0.914 bits per heavy atom. The van der Waals surface area contributed by atoms with Crippen LogP contribution in [0.5, 0.6) is 0 Å². The van der Waals surface area contributed by atoms with E-state index in [1.807, 2.05) is 31.2 Å². The first-order valence-corrected chi connectivity index (χ1v) is 12.6. The molecule has 1 aliphatic rings. The molecule has 0 unspecified atom stereocenters. The van der Waals surface area contributed by atoms with Gasteiger partial charge < -0.3 is 4.74 Å². The van der Waals surface area contributed by atoms with Crippen LogP contribution < -0.4 is 0 Å². The quantitative estimate of drug-likeness (QED) is 0.194. The van der Waals surface area contributed by atoms with E-state index in [2.05, 4.69) is 30.6 Å². The Hall–Kier alpha value is -2.98. The second-order valence-electron chi connectivity index (χ2n) is 8.25. The molecule has 0 saturated carbocycles. The third kappa shape index (κ3) is 7.25. The summed E-state index contributed by atoms with van der Waals surface area (Å²) >= 11 is 6.84. The number of hydrogen-bond acceptors (Lipinski definition) is 1. The molecule has 184 valence electrons. The van der Waals surface area contributed by atoms with Crippen molar-refractivity contribution < 1.29 is 18.1 Å². The first-order valence-electron chi connectivity index (χ1n) is 12.2. The Labute approximate surface area is 212 Å². The molecule has 2 nitrogen and oxygen atoms in total. The molecule has 1 aliphatic carbocycles. The van der Waals surface area contributed by atoms with Gasteiger partial charge in [-0.15, -0.1) is 0 Å². The largest absolute Gasteiger partial charge is 0.493 e. The average Bonchev–Trinajstić information content (AvgIpc) is 2.87. The first kappa shape index (κ1) is 26.6. The standard InChI is InChI=1S/C30H33ClF2NO/c1-4-34(5-2)28(22-10-16-26(32)17-11-22)20-14-24-8-7-9-25(30(24)31)15-21-29(35-6-3)23-12-18-27(33)19-13-23/h10-21H,4-9H2,1-3H3/q+1/b20-14+,25-15+,29-21+. The van der Waals surface area contributed by atoms with Crippen LogP contribution in [0.2, 0.25) is 0 Å². The van der Waals surface area contributed by atoms with Crippen LogP contribution in [0, 0.1) is 11.6 Å². The summed E-state index contributed by atoms with van der Waals surface area (Å²) in [5.41, 5.74) is 4.95. The zero-order chi connectivity index (χ0) is 25.2. The fourth-order valence-corrected chi connectivity index (χ4v) is 4.45. The molecule has 0 atom stereocenters. The summed E-state index contributed by atoms with van der Waals surface area (Å²) < 4.78 is 34.9. The molecule has 2 aromatic rings. The van der Waals surface area contributed by atoms with Crippen LogP contribution in [0.4, 0.5) is 8.78 Å². The normalized spacial score (nSPS) is 15.7. The predicted molar refractivity (Wildman–Crippen MR) is 142 cm³/mol. The lowest BCUT2D eigenvalue weighted by atomic mass is 9.93. The van der Waals surface area contributed by atoms with Gasteiger partial charge in [0.25, 0.3) is 0 Å². The monoisotopic (exact) mass is 496 g/mol. The van der Waals surface area contributed by atoms with E-state index in [1.54, 1.807) is 12.1 Å². The first-order chi connectivity index (χ1) is 17.0. The molecule has 0 amide bonds. The minimum Gasteiger partial charge on any atom is -0.493 e. The number of benzene rings is 2. The highest BCUT2D eigenvalue weighted by molar-refractivity contribution is 6.32. The zero-order valence-corrected chi connectivity index (χ0v) is 21.4. The topological polar surface area (TPSA) is 12.2 Å². The smallest absolute Gasteiger partial charge is 0.207 e. The molecule has 0 aliphatic heterocycles. The minimum atomic E-state index is -0.279. The van der Waals surface area contributed by atoms with E-state index in [0.29, 0.717) is 12.4 Å². The lowest BCUT2D eigenvalue weighted by molar-refractivity contribution is -0.519. The van der Waals surface area contributed by atoms with Crippen LogP contribution in [0.25, 0.3) is 5.76 Å². The minimum absolute atomic E-state index is 0.246. The molecule has 0 aromatic heterocycles. The highest BCUT2D eigenvalue weighted by Crippen LogP contribution is 2.33. The molecule has 2 aromatic carbocycles. The predicted octanol–water partition coefficient (Wildman–Crippen LogP) is 8.04. The Kier molecular flexibility index (Phi) is 10.0. The molecule has 0 saturated heterocycles. The van der Waals surface area contributed by atoms with E-state index >= 15 is 0 Å². The van der Waals surface area contributed by atoms with E-state index in [0.717, 1.165) is 65.4 Å². The van der Waals surface area contributed by atoms with Gasteiger partial charge in [0.05, 0.1) is 6.61 Å². The number of halogens is 3. The summed E-state index contributed by atoms with van der Waals surface area (Å²) in [5, 5.41) is 0.747. The molecule has 0 N–H and O–H groups in total. The van der Waals surface area contributed by atoms with Crippen LogP contribution in [0.1, 0.15) is 51.2 Å². The summed E-state index contributed by atoms with van der Waals surface area (Å²) in [5.74, 6) is 0.157. The van der Waals surface area contributed by atoms with E-state index in [1.165, 1.54) is 24.3 Å². The van der Waals surface area contributed by atoms with Gasteiger partial charge in [-0.2, -0.15) is 0 Å². The zero-order valence-electron chi connectivity index (χ0n) is 20.7. The molecule has 0 heterocycles. The summed E-state index contributed by atoms with van der Waals surface area (Å²) in [7, 11) is 0. The second kappa shape index (κ2) is 13.2. The molecule has 0 fully saturated rings. The van der Waals surface area contributed by atoms with Crippen molar-refractivity contribution in [2.75, 3.05) is 19.7 Å². The van der Waals surface area contributed by atoms with Crippen molar-refractivity contribution in [2.45, 2.75) is 40.0 Å². The van der Waals surface area contributed by atoms with E-state index in [9.17, 15) is 8.78 Å². The molecule has 3 rings (SSSR count). The van der Waals surface area contributed by atoms with Crippen LogP contribution in [0.3, 0.4) is 0 Å². The molecular formula is C30H33ClF2NO+. The highest BCUT2D eigenvalue weighted by Gasteiger charge is 2.16. The van der Waals surface area contributed by atoms with Crippen LogP contribution in [-0.2, 0) is 4.74 Å². The maximum Gasteiger partial charge on any atom is 0.207 e. The Balaban J connectivity index is 1.94. The van der Waals surface area contributed by atoms with Crippen molar-refractivity contribution in [1.82, 2.24) is 0 Å². The number of hydrogen-bond donors (Lipinski definition) is 0. The van der Waals surface area contributed by atoms with Gasteiger partial charge in [0.2, 0.25) is 5.71 Å². The Bertz CT molecular complexity index is 1150. The van der Waals surface area contributed by atoms with Crippen LogP contribution >= 0.6 is 11.6 Å². The van der Waals surface area contributed by atoms with Gasteiger partial charge in [-0.05, 0) is 106 Å². The van der Waals surface area contributed by atoms with Crippen LogP contribution in [0.15, 0.2) is 89.0 Å². The van der Waals surface area contributed by atoms with Crippen molar-refractivity contribution in [3.05, 3.63) is 112 Å². The van der Waals surface area contributed by atoms with Gasteiger partial charge in [0.1, 0.15) is 30.5 Å². The lowest BCUT2D eigenvalue weighted by Crippen LogP contribution is -2.20. The molecule has 0 radical (unpaired) electrons. The van der Waals surface area contributed by atoms with Crippen molar-refractivity contribution in [1.29, 1.82) is 0 Å². The molecule has 0 bridgehead atoms. The fourth-order valence-electron chi connectivity index (χ4n) is 4.13. The van der Waals surface area contributed by atoms with Gasteiger partial charge in [0, 0.05) is 22.2 Å². The maximum absolute atomic E-state index is 13.5. The molecule has 5 heteroatoms. The van der Waals surface area contributed by atoms with E-state index in [-0.39, 0.29) is 11.6 Å². The van der Waals surface area contributed by atoms with Gasteiger partial charge >= 0.3 is 0 Å². The molecule has 0 spiro atoms. The van der Waals surface area contributed by atoms with Crippen molar-refractivity contribution >= 4 is 23.1 Å². The van der Waals surface area contributed by atoms with E-state index < -0.39 is 0 Å². The summed E-state index contributed by atoms with van der Waals surface area (Å²) in [6, 6.07) is 12.9. The van der Waals surface area contributed by atoms with Gasteiger partial charge in [-0.3, -0.25) is 0 Å². The van der Waals surface area contributed by atoms with E-state index in [4.69, 9.17) is 16.3 Å². The number of ether oxygens (including phenoxy) is 1. The lowest BCUT2D eigenvalue weighted by Gasteiger charge is -2.17. The SMILES string of the molecule is CCO/C(=C/C=C1\CCCC(/C=C/C(c2ccc(F)cc2)=[N+](CC)CC)=C1Cl)c1ccc(F)cc1. The van der Waals surface area contributed by atoms with Gasteiger partial charge in [-0.1, -0.05) is 23.8 Å². The summed E-state index contributed by atoms with van der Waals surface area (Å²) in [6.45, 7) is 8.35. The van der Waals surface area contributed by atoms with Crippen molar-refractivity contribution in [3.8, 4) is 0 Å². The maximum atomic E-state index is 13.5. The molecular weight excluding hydrogens is 464 g/mol. The number of nitrogens with zero attached hydrogens (tertiary/aromatic N) is 1. The molecule has 35 heavy (non-hydrogen) atoms. The van der Waals surface area contributed by atoms with Gasteiger partial charge in [0.15, 0.2) is 0 Å². The van der Waals surface area contributed by atoms with Crippen LogP contribution in [-0.4, -0.2) is 30.0 Å².